The molecule has 0 radical (unpaired) electrons. The lowest BCUT2D eigenvalue weighted by Crippen LogP contribution is -1.96. The van der Waals surface area contributed by atoms with Crippen LogP contribution in [0.25, 0.3) is 0 Å². The zero-order chi connectivity index (χ0) is 14.0. The van der Waals surface area contributed by atoms with Crippen LogP contribution in [0.3, 0.4) is 0 Å². The highest BCUT2D eigenvalue weighted by Gasteiger charge is 2.12. The van der Waals surface area contributed by atoms with Gasteiger partial charge in [-0.1, -0.05) is 22.0 Å². The minimum Gasteiger partial charge on any atom is -0.457 e. The maximum Gasteiger partial charge on any atom is 0.162 e. The number of hydrogen-bond donors (Lipinski definition) is 1. The van der Waals surface area contributed by atoms with Gasteiger partial charge in [-0.3, -0.25) is 0 Å². The Morgan fingerprint density at radius 3 is 2.47 bits per heavy atom. The lowest BCUT2D eigenvalue weighted by atomic mass is 10.1. The summed E-state index contributed by atoms with van der Waals surface area (Å²) in [4.78, 5) is 0. The molecule has 0 aliphatic heterocycles. The molecule has 1 unspecified atom stereocenters. The highest BCUT2D eigenvalue weighted by atomic mass is 79.9. The molecule has 2 aromatic rings. The van der Waals surface area contributed by atoms with Crippen LogP contribution in [0.5, 0.6) is 11.5 Å². The van der Waals surface area contributed by atoms with Crippen molar-refractivity contribution in [1.82, 2.24) is 0 Å². The maximum atomic E-state index is 13.1. The van der Waals surface area contributed by atoms with Crippen LogP contribution in [0, 0.1) is 11.6 Å². The largest absolute Gasteiger partial charge is 0.457 e. The third-order valence-corrected chi connectivity index (χ3v) is 3.04. The van der Waals surface area contributed by atoms with E-state index in [2.05, 4.69) is 15.9 Å². The first kappa shape index (κ1) is 14.0. The van der Waals surface area contributed by atoms with E-state index in [9.17, 15) is 13.9 Å². The van der Waals surface area contributed by atoms with Crippen molar-refractivity contribution in [3.8, 4) is 11.5 Å². The van der Waals surface area contributed by atoms with E-state index >= 15 is 0 Å². The number of halogens is 3. The molecule has 0 aliphatic rings. The Labute approximate surface area is 117 Å². The minimum absolute atomic E-state index is 0.166. The highest BCUT2D eigenvalue weighted by Crippen LogP contribution is 2.32. The summed E-state index contributed by atoms with van der Waals surface area (Å²) in [6, 6.07) is 8.39. The van der Waals surface area contributed by atoms with E-state index in [-0.39, 0.29) is 5.75 Å². The third kappa shape index (κ3) is 3.30. The standard InChI is InChI=1S/C14H11BrF2O2/c1-8(18)11-4-2-9(15)6-14(11)19-10-3-5-12(16)13(17)7-10/h2-8,18H,1H3. The number of rotatable bonds is 3. The molecule has 0 fully saturated rings. The van der Waals surface area contributed by atoms with Gasteiger partial charge in [0.05, 0.1) is 6.10 Å². The van der Waals surface area contributed by atoms with Crippen LogP contribution < -0.4 is 4.74 Å². The number of ether oxygens (including phenoxy) is 1. The topological polar surface area (TPSA) is 29.5 Å². The van der Waals surface area contributed by atoms with E-state index in [1.54, 1.807) is 25.1 Å². The van der Waals surface area contributed by atoms with Crippen LogP contribution in [0.4, 0.5) is 8.78 Å². The number of hydrogen-bond acceptors (Lipinski definition) is 2. The van der Waals surface area contributed by atoms with Crippen LogP contribution in [-0.2, 0) is 0 Å². The van der Waals surface area contributed by atoms with Gasteiger partial charge >= 0.3 is 0 Å². The average Bonchev–Trinajstić information content (AvgIpc) is 2.33. The van der Waals surface area contributed by atoms with E-state index < -0.39 is 17.7 Å². The minimum atomic E-state index is -0.980. The molecule has 2 rings (SSSR count). The Morgan fingerprint density at radius 2 is 1.84 bits per heavy atom. The quantitative estimate of drug-likeness (QED) is 0.894. The van der Waals surface area contributed by atoms with Crippen molar-refractivity contribution in [2.45, 2.75) is 13.0 Å². The van der Waals surface area contributed by atoms with Gasteiger partial charge in [0.1, 0.15) is 11.5 Å². The van der Waals surface area contributed by atoms with Crippen LogP contribution >= 0.6 is 15.9 Å². The highest BCUT2D eigenvalue weighted by molar-refractivity contribution is 9.10. The molecular weight excluding hydrogens is 318 g/mol. The Hall–Kier alpha value is -1.46. The second-order valence-corrected chi connectivity index (χ2v) is 4.95. The summed E-state index contributed by atoms with van der Waals surface area (Å²) in [5.74, 6) is -1.36. The molecule has 19 heavy (non-hydrogen) atoms. The van der Waals surface area contributed by atoms with Crippen molar-refractivity contribution < 1.29 is 18.6 Å². The summed E-state index contributed by atoms with van der Waals surface area (Å²) in [6.07, 6.45) is -0.728. The van der Waals surface area contributed by atoms with Crippen LogP contribution in [0.15, 0.2) is 40.9 Å². The maximum absolute atomic E-state index is 13.1. The molecule has 0 spiro atoms. The van der Waals surface area contributed by atoms with Gasteiger partial charge in [-0.05, 0) is 31.2 Å². The molecule has 0 heterocycles. The molecule has 0 saturated heterocycles. The molecule has 0 aliphatic carbocycles. The van der Waals surface area contributed by atoms with Crippen molar-refractivity contribution >= 4 is 15.9 Å². The van der Waals surface area contributed by atoms with Gasteiger partial charge in [-0.2, -0.15) is 0 Å². The molecule has 0 saturated carbocycles. The summed E-state index contributed by atoms with van der Waals surface area (Å²) in [5, 5.41) is 9.64. The van der Waals surface area contributed by atoms with Gasteiger partial charge in [0, 0.05) is 16.1 Å². The Morgan fingerprint density at radius 1 is 1.11 bits per heavy atom. The molecule has 1 atom stereocenters. The fourth-order valence-corrected chi connectivity index (χ4v) is 1.95. The predicted octanol–water partition coefficient (Wildman–Crippen LogP) is 4.57. The lowest BCUT2D eigenvalue weighted by Gasteiger charge is -2.13. The molecule has 0 bridgehead atoms. The van der Waals surface area contributed by atoms with Crippen LogP contribution in [0.1, 0.15) is 18.6 Å². The van der Waals surface area contributed by atoms with Crippen LogP contribution in [-0.4, -0.2) is 5.11 Å². The van der Waals surface area contributed by atoms with E-state index in [0.717, 1.165) is 16.6 Å². The van der Waals surface area contributed by atoms with Crippen molar-refractivity contribution in [1.29, 1.82) is 0 Å². The fourth-order valence-electron chi connectivity index (χ4n) is 1.61. The van der Waals surface area contributed by atoms with Crippen molar-refractivity contribution in [3.63, 3.8) is 0 Å². The first-order chi connectivity index (χ1) is 8.97. The van der Waals surface area contributed by atoms with E-state index in [1.807, 2.05) is 0 Å². The molecule has 1 N–H and O–H groups in total. The monoisotopic (exact) mass is 328 g/mol. The fraction of sp³-hybridized carbons (Fsp3) is 0.143. The molecular formula is C14H11BrF2O2. The molecule has 2 nitrogen and oxygen atoms in total. The number of aliphatic hydroxyl groups excluding tert-OH is 1. The number of benzene rings is 2. The molecule has 0 amide bonds. The van der Waals surface area contributed by atoms with Gasteiger partial charge in [-0.15, -0.1) is 0 Å². The molecule has 100 valence electrons. The molecule has 0 aromatic heterocycles. The van der Waals surface area contributed by atoms with Gasteiger partial charge in [0.2, 0.25) is 0 Å². The molecule has 5 heteroatoms. The van der Waals surface area contributed by atoms with Gasteiger partial charge in [0.15, 0.2) is 11.6 Å². The van der Waals surface area contributed by atoms with Crippen molar-refractivity contribution in [2.24, 2.45) is 0 Å². The van der Waals surface area contributed by atoms with Gasteiger partial charge in [0.25, 0.3) is 0 Å². The second-order valence-electron chi connectivity index (χ2n) is 4.04. The van der Waals surface area contributed by atoms with Gasteiger partial charge in [-0.25, -0.2) is 8.78 Å². The van der Waals surface area contributed by atoms with E-state index in [4.69, 9.17) is 4.74 Å². The summed E-state index contributed by atoms with van der Waals surface area (Å²) in [6.45, 7) is 1.60. The van der Waals surface area contributed by atoms with Crippen LogP contribution in [0.2, 0.25) is 0 Å². The second kappa shape index (κ2) is 5.67. The summed E-state index contributed by atoms with van der Waals surface area (Å²) in [5.41, 5.74) is 0.563. The van der Waals surface area contributed by atoms with Crippen molar-refractivity contribution in [2.75, 3.05) is 0 Å². The molecule has 2 aromatic carbocycles. The lowest BCUT2D eigenvalue weighted by molar-refractivity contribution is 0.195. The average molecular weight is 329 g/mol. The van der Waals surface area contributed by atoms with E-state index in [1.165, 1.54) is 6.07 Å². The first-order valence-corrected chi connectivity index (χ1v) is 6.37. The zero-order valence-corrected chi connectivity index (χ0v) is 11.6. The Bertz CT molecular complexity index is 600. The van der Waals surface area contributed by atoms with Gasteiger partial charge < -0.3 is 9.84 Å². The smallest absolute Gasteiger partial charge is 0.162 e. The van der Waals surface area contributed by atoms with Crippen molar-refractivity contribution in [3.05, 3.63) is 58.1 Å². The Kier molecular flexibility index (Phi) is 4.17. The zero-order valence-electron chi connectivity index (χ0n) is 10.0. The predicted molar refractivity (Wildman–Crippen MR) is 71.2 cm³/mol. The van der Waals surface area contributed by atoms with E-state index in [0.29, 0.717) is 11.3 Å². The third-order valence-electron chi connectivity index (χ3n) is 2.54. The first-order valence-electron chi connectivity index (χ1n) is 5.58. The summed E-state index contributed by atoms with van der Waals surface area (Å²) >= 11 is 3.29. The SMILES string of the molecule is CC(O)c1ccc(Br)cc1Oc1ccc(F)c(F)c1. The number of aliphatic hydroxyl groups is 1. The summed E-state index contributed by atoms with van der Waals surface area (Å²) in [7, 11) is 0. The Balaban J connectivity index is 2.36. The summed E-state index contributed by atoms with van der Waals surface area (Å²) < 4.78 is 32.2. The normalized spacial score (nSPS) is 12.3.